The molecule has 108 valence electrons. The Kier molecular flexibility index (Phi) is 4.36. The van der Waals surface area contributed by atoms with Crippen LogP contribution in [0.3, 0.4) is 0 Å². The molecule has 0 bridgehead atoms. The monoisotopic (exact) mass is 300 g/mol. The molecule has 2 heterocycles. The van der Waals surface area contributed by atoms with Crippen LogP contribution in [0, 0.1) is 0 Å². The first-order chi connectivity index (χ1) is 10.3. The van der Waals surface area contributed by atoms with E-state index in [1.54, 1.807) is 6.20 Å². The molecule has 21 heavy (non-hydrogen) atoms. The van der Waals surface area contributed by atoms with Gasteiger partial charge in [-0.1, -0.05) is 17.7 Å². The molecule has 4 nitrogen and oxygen atoms in total. The molecule has 0 atom stereocenters. The summed E-state index contributed by atoms with van der Waals surface area (Å²) in [5.74, 6) is 0. The van der Waals surface area contributed by atoms with Crippen LogP contribution in [0.25, 0.3) is 0 Å². The standard InChI is InChI=1S/C16H17ClN4/c17-15-3-5-16(6-4-15)20-8-10-21(11-9-20)19-13-14-2-1-7-18-12-14/h1-7,12-13H,8-11H2/b19-13-. The third-order valence-corrected chi connectivity index (χ3v) is 3.75. The molecule has 0 spiro atoms. The number of aromatic nitrogens is 1. The van der Waals surface area contributed by atoms with E-state index in [9.17, 15) is 0 Å². The van der Waals surface area contributed by atoms with Gasteiger partial charge >= 0.3 is 0 Å². The molecule has 0 unspecified atom stereocenters. The van der Waals surface area contributed by atoms with Crippen LogP contribution in [0.2, 0.25) is 5.02 Å². The second-order valence-corrected chi connectivity index (χ2v) is 5.38. The summed E-state index contributed by atoms with van der Waals surface area (Å²) in [5.41, 5.74) is 2.24. The maximum absolute atomic E-state index is 5.92. The Balaban J connectivity index is 1.55. The molecule has 0 amide bonds. The van der Waals surface area contributed by atoms with Crippen LogP contribution in [-0.4, -0.2) is 42.4 Å². The molecule has 1 fully saturated rings. The van der Waals surface area contributed by atoms with E-state index in [-0.39, 0.29) is 0 Å². The minimum absolute atomic E-state index is 0.776. The summed E-state index contributed by atoms with van der Waals surface area (Å²) in [4.78, 5) is 6.43. The number of rotatable bonds is 3. The summed E-state index contributed by atoms with van der Waals surface area (Å²) in [5, 5.41) is 7.39. The van der Waals surface area contributed by atoms with Crippen molar-refractivity contribution in [2.45, 2.75) is 0 Å². The van der Waals surface area contributed by atoms with Gasteiger partial charge < -0.3 is 4.90 Å². The summed E-state index contributed by atoms with van der Waals surface area (Å²) in [6.45, 7) is 3.76. The van der Waals surface area contributed by atoms with E-state index in [1.165, 1.54) is 5.69 Å². The Morgan fingerprint density at radius 2 is 1.81 bits per heavy atom. The van der Waals surface area contributed by atoms with E-state index in [1.807, 2.05) is 36.7 Å². The molecule has 0 N–H and O–H groups in total. The highest BCUT2D eigenvalue weighted by atomic mass is 35.5. The molecular weight excluding hydrogens is 284 g/mol. The van der Waals surface area contributed by atoms with E-state index in [2.05, 4.69) is 32.1 Å². The Morgan fingerprint density at radius 3 is 2.48 bits per heavy atom. The molecule has 1 aliphatic rings. The average molecular weight is 301 g/mol. The number of anilines is 1. The minimum Gasteiger partial charge on any atom is -0.368 e. The molecule has 5 heteroatoms. The molecule has 1 saturated heterocycles. The van der Waals surface area contributed by atoms with Crippen LogP contribution in [0.1, 0.15) is 5.56 Å². The van der Waals surface area contributed by atoms with Gasteiger partial charge in [0.1, 0.15) is 0 Å². The van der Waals surface area contributed by atoms with E-state index >= 15 is 0 Å². The van der Waals surface area contributed by atoms with Crippen molar-refractivity contribution in [2.75, 3.05) is 31.1 Å². The molecule has 0 aliphatic carbocycles. The van der Waals surface area contributed by atoms with E-state index in [0.717, 1.165) is 36.8 Å². The molecule has 0 radical (unpaired) electrons. The van der Waals surface area contributed by atoms with Crippen molar-refractivity contribution < 1.29 is 0 Å². The quantitative estimate of drug-likeness (QED) is 0.817. The number of pyridine rings is 1. The molecule has 1 aromatic carbocycles. The fraction of sp³-hybridized carbons (Fsp3) is 0.250. The maximum Gasteiger partial charge on any atom is 0.0558 e. The first kappa shape index (κ1) is 13.9. The number of piperazine rings is 1. The van der Waals surface area contributed by atoms with Gasteiger partial charge in [0, 0.05) is 41.8 Å². The number of hydrogen-bond acceptors (Lipinski definition) is 4. The van der Waals surface area contributed by atoms with Crippen molar-refractivity contribution in [2.24, 2.45) is 5.10 Å². The molecule has 1 aromatic heterocycles. The summed E-state index contributed by atoms with van der Waals surface area (Å²) in [7, 11) is 0. The molecular formula is C16H17ClN4. The van der Waals surface area contributed by atoms with Gasteiger partial charge in [0.25, 0.3) is 0 Å². The van der Waals surface area contributed by atoms with Gasteiger partial charge in [0.15, 0.2) is 0 Å². The lowest BCUT2D eigenvalue weighted by molar-refractivity contribution is 0.272. The lowest BCUT2D eigenvalue weighted by Gasteiger charge is -2.34. The Bertz CT molecular complexity index is 589. The van der Waals surface area contributed by atoms with Crippen molar-refractivity contribution in [1.82, 2.24) is 9.99 Å². The second kappa shape index (κ2) is 6.59. The fourth-order valence-electron chi connectivity index (χ4n) is 2.32. The summed E-state index contributed by atoms with van der Waals surface area (Å²) < 4.78 is 0. The van der Waals surface area contributed by atoms with Crippen molar-refractivity contribution >= 4 is 23.5 Å². The van der Waals surface area contributed by atoms with Crippen molar-refractivity contribution in [3.63, 3.8) is 0 Å². The minimum atomic E-state index is 0.776. The van der Waals surface area contributed by atoms with Crippen molar-refractivity contribution in [1.29, 1.82) is 0 Å². The Labute approximate surface area is 129 Å². The normalized spacial score (nSPS) is 15.7. The number of hydrogen-bond donors (Lipinski definition) is 0. The van der Waals surface area contributed by atoms with Crippen LogP contribution in [0.5, 0.6) is 0 Å². The largest absolute Gasteiger partial charge is 0.368 e. The highest BCUT2D eigenvalue weighted by Gasteiger charge is 2.15. The highest BCUT2D eigenvalue weighted by molar-refractivity contribution is 6.30. The second-order valence-electron chi connectivity index (χ2n) is 4.95. The molecule has 3 rings (SSSR count). The predicted octanol–water partition coefficient (Wildman–Crippen LogP) is 2.89. The van der Waals surface area contributed by atoms with Crippen LogP contribution in [0.15, 0.2) is 53.9 Å². The number of nitrogens with zero attached hydrogens (tertiary/aromatic N) is 4. The van der Waals surface area contributed by atoms with Gasteiger partial charge in [-0.15, -0.1) is 0 Å². The number of benzene rings is 1. The summed E-state index contributed by atoms with van der Waals surface area (Å²) in [6.07, 6.45) is 5.45. The third kappa shape index (κ3) is 3.73. The first-order valence-electron chi connectivity index (χ1n) is 7.01. The highest BCUT2D eigenvalue weighted by Crippen LogP contribution is 2.19. The Hall–Kier alpha value is -2.07. The van der Waals surface area contributed by atoms with Crippen LogP contribution < -0.4 is 4.90 Å². The van der Waals surface area contributed by atoms with Crippen LogP contribution in [-0.2, 0) is 0 Å². The molecule has 2 aromatic rings. The van der Waals surface area contributed by atoms with Crippen LogP contribution in [0.4, 0.5) is 5.69 Å². The number of hydrazone groups is 1. The predicted molar refractivity (Wildman–Crippen MR) is 87.1 cm³/mol. The van der Waals surface area contributed by atoms with Crippen molar-refractivity contribution in [3.8, 4) is 0 Å². The van der Waals surface area contributed by atoms with E-state index in [4.69, 9.17) is 11.6 Å². The number of halogens is 1. The Morgan fingerprint density at radius 1 is 1.05 bits per heavy atom. The van der Waals surface area contributed by atoms with Gasteiger partial charge in [-0.25, -0.2) is 0 Å². The van der Waals surface area contributed by atoms with Gasteiger partial charge in [0.05, 0.1) is 19.3 Å². The molecule has 0 saturated carbocycles. The lowest BCUT2D eigenvalue weighted by atomic mass is 10.2. The van der Waals surface area contributed by atoms with Gasteiger partial charge in [0.2, 0.25) is 0 Å². The fourth-order valence-corrected chi connectivity index (χ4v) is 2.45. The zero-order chi connectivity index (χ0) is 14.5. The van der Waals surface area contributed by atoms with Crippen molar-refractivity contribution in [3.05, 3.63) is 59.4 Å². The SMILES string of the molecule is Clc1ccc(N2CCN(/N=C\c3cccnc3)CC2)cc1. The summed E-state index contributed by atoms with van der Waals surface area (Å²) >= 11 is 5.92. The van der Waals surface area contributed by atoms with Gasteiger partial charge in [-0.05, 0) is 30.3 Å². The van der Waals surface area contributed by atoms with E-state index in [0.29, 0.717) is 0 Å². The van der Waals surface area contributed by atoms with Gasteiger partial charge in [-0.3, -0.25) is 9.99 Å². The summed E-state index contributed by atoms with van der Waals surface area (Å²) in [6, 6.07) is 11.9. The third-order valence-electron chi connectivity index (χ3n) is 3.50. The first-order valence-corrected chi connectivity index (χ1v) is 7.38. The van der Waals surface area contributed by atoms with Crippen LogP contribution >= 0.6 is 11.6 Å². The smallest absolute Gasteiger partial charge is 0.0558 e. The molecule has 1 aliphatic heterocycles. The average Bonchev–Trinajstić information content (AvgIpc) is 2.55. The zero-order valence-corrected chi connectivity index (χ0v) is 12.4. The van der Waals surface area contributed by atoms with E-state index < -0.39 is 0 Å². The maximum atomic E-state index is 5.92. The lowest BCUT2D eigenvalue weighted by Crippen LogP contribution is -2.44. The zero-order valence-electron chi connectivity index (χ0n) is 11.7. The topological polar surface area (TPSA) is 31.7 Å². The van der Waals surface area contributed by atoms with Gasteiger partial charge in [-0.2, -0.15) is 5.10 Å².